The number of carbonyl (C=O) groups excluding carboxylic acids is 1. The average molecular weight is 317 g/mol. The van der Waals surface area contributed by atoms with E-state index in [-0.39, 0.29) is 11.8 Å². The van der Waals surface area contributed by atoms with E-state index in [1.54, 1.807) is 0 Å². The quantitative estimate of drug-likeness (QED) is 0.766. The van der Waals surface area contributed by atoms with Gasteiger partial charge in [-0.15, -0.1) is 0 Å². The van der Waals surface area contributed by atoms with E-state index >= 15 is 0 Å². The molecule has 1 fully saturated rings. The van der Waals surface area contributed by atoms with Crippen molar-refractivity contribution in [2.75, 3.05) is 13.1 Å². The molecule has 1 aliphatic rings. The lowest BCUT2D eigenvalue weighted by Crippen LogP contribution is -3.19. The van der Waals surface area contributed by atoms with E-state index < -0.39 is 9.96 Å². The van der Waals surface area contributed by atoms with Crippen LogP contribution in [0, 0.1) is 5.92 Å². The molecule has 106 valence electrons. The fourth-order valence-electron chi connectivity index (χ4n) is 2.20. The zero-order chi connectivity index (χ0) is 13.8. The van der Waals surface area contributed by atoms with Crippen LogP contribution < -0.4 is 10.2 Å². The van der Waals surface area contributed by atoms with Crippen LogP contribution in [0.2, 0.25) is 0 Å². The number of carbonyl (C=O) groups is 1. The third-order valence-corrected chi connectivity index (χ3v) is 3.95. The molecule has 1 amide bonds. The van der Waals surface area contributed by atoms with Crippen LogP contribution in [0.15, 0.2) is 0 Å². The molecule has 0 aromatic carbocycles. The van der Waals surface area contributed by atoms with Crippen LogP contribution >= 0.6 is 34.8 Å². The van der Waals surface area contributed by atoms with Crippen LogP contribution in [0.1, 0.15) is 39.5 Å². The van der Waals surface area contributed by atoms with E-state index in [2.05, 4.69) is 5.32 Å². The summed E-state index contributed by atoms with van der Waals surface area (Å²) in [7, 11) is 0. The second-order valence-electron chi connectivity index (χ2n) is 5.21. The van der Waals surface area contributed by atoms with Crippen molar-refractivity contribution in [3.8, 4) is 0 Å². The van der Waals surface area contributed by atoms with Gasteiger partial charge >= 0.3 is 0 Å². The summed E-state index contributed by atoms with van der Waals surface area (Å²) in [4.78, 5) is 13.0. The van der Waals surface area contributed by atoms with Crippen LogP contribution in [0.25, 0.3) is 0 Å². The highest BCUT2D eigenvalue weighted by Gasteiger charge is 2.42. The minimum absolute atomic E-state index is 0.0666. The van der Waals surface area contributed by atoms with Gasteiger partial charge in [0.15, 0.2) is 0 Å². The number of rotatable bonds is 3. The van der Waals surface area contributed by atoms with Gasteiger partial charge in [-0.05, 0) is 25.7 Å². The van der Waals surface area contributed by atoms with Gasteiger partial charge in [-0.1, -0.05) is 48.7 Å². The van der Waals surface area contributed by atoms with Crippen molar-refractivity contribution < 1.29 is 9.69 Å². The summed E-state index contributed by atoms with van der Waals surface area (Å²) < 4.78 is -1.47. The van der Waals surface area contributed by atoms with Crippen molar-refractivity contribution in [2.45, 2.75) is 49.5 Å². The summed E-state index contributed by atoms with van der Waals surface area (Å²) in [5.41, 5.74) is 0. The summed E-state index contributed by atoms with van der Waals surface area (Å²) in [6, 6.07) is 0. The maximum absolute atomic E-state index is 11.8. The van der Waals surface area contributed by atoms with Crippen LogP contribution in [-0.2, 0) is 4.79 Å². The molecule has 0 spiro atoms. The van der Waals surface area contributed by atoms with Crippen molar-refractivity contribution >= 4 is 40.7 Å². The van der Waals surface area contributed by atoms with Crippen molar-refractivity contribution in [3.63, 3.8) is 0 Å². The molecule has 1 saturated heterocycles. The van der Waals surface area contributed by atoms with Gasteiger partial charge in [0.1, 0.15) is 0 Å². The van der Waals surface area contributed by atoms with E-state index in [1.165, 1.54) is 17.7 Å². The number of nitrogens with one attached hydrogen (secondary N) is 2. The first-order valence-electron chi connectivity index (χ1n) is 6.54. The molecule has 1 aliphatic heterocycles. The van der Waals surface area contributed by atoms with E-state index in [0.717, 1.165) is 25.9 Å². The van der Waals surface area contributed by atoms with Crippen molar-refractivity contribution in [1.29, 1.82) is 0 Å². The number of hydrogen-bond donors (Lipinski definition) is 2. The zero-order valence-corrected chi connectivity index (χ0v) is 13.2. The molecule has 0 unspecified atom stereocenters. The number of halogens is 3. The van der Waals surface area contributed by atoms with Gasteiger partial charge in [0.25, 0.3) is 3.79 Å². The van der Waals surface area contributed by atoms with Gasteiger partial charge in [-0.25, -0.2) is 0 Å². The number of quaternary nitrogens is 1. The largest absolute Gasteiger partial charge is 0.312 e. The summed E-state index contributed by atoms with van der Waals surface area (Å²) in [5.74, 6) is -0.172. The van der Waals surface area contributed by atoms with Crippen LogP contribution in [0.3, 0.4) is 0 Å². The molecule has 0 aliphatic carbocycles. The first-order chi connectivity index (χ1) is 8.32. The molecular weight excluding hydrogens is 295 g/mol. The molecule has 1 atom stereocenters. The Balaban J connectivity index is 2.74. The Morgan fingerprint density at radius 1 is 1.11 bits per heavy atom. The summed E-state index contributed by atoms with van der Waals surface area (Å²) in [5, 5.41) is 2.88. The molecule has 1 heterocycles. The number of alkyl halides is 3. The fraction of sp³-hybridized carbons (Fsp3) is 0.917. The molecule has 1 rings (SSSR count). The fourth-order valence-corrected chi connectivity index (χ4v) is 2.82. The average Bonchev–Trinajstić information content (AvgIpc) is 2.51. The molecular formula is C12H22Cl3N2O+. The Kier molecular flexibility index (Phi) is 6.52. The van der Waals surface area contributed by atoms with Gasteiger partial charge in [0.2, 0.25) is 12.1 Å². The zero-order valence-electron chi connectivity index (χ0n) is 10.9. The molecule has 2 N–H and O–H groups in total. The second-order valence-corrected chi connectivity index (χ2v) is 7.58. The third kappa shape index (κ3) is 5.12. The summed E-state index contributed by atoms with van der Waals surface area (Å²) >= 11 is 18.1. The van der Waals surface area contributed by atoms with Crippen molar-refractivity contribution in [3.05, 3.63) is 0 Å². The van der Waals surface area contributed by atoms with E-state index in [0.29, 0.717) is 0 Å². The van der Waals surface area contributed by atoms with E-state index in [9.17, 15) is 4.79 Å². The Morgan fingerprint density at radius 2 is 1.61 bits per heavy atom. The minimum atomic E-state index is -1.47. The maximum Gasteiger partial charge on any atom is 0.262 e. The maximum atomic E-state index is 11.8. The molecule has 0 bridgehead atoms. The van der Waals surface area contributed by atoms with Crippen LogP contribution in [-0.4, -0.2) is 29.0 Å². The summed E-state index contributed by atoms with van der Waals surface area (Å²) in [6.45, 7) is 5.55. The topological polar surface area (TPSA) is 33.5 Å². The Hall–Kier alpha value is 0.300. The monoisotopic (exact) mass is 315 g/mol. The highest BCUT2D eigenvalue weighted by atomic mass is 35.6. The number of amides is 1. The highest BCUT2D eigenvalue weighted by molar-refractivity contribution is 6.68. The van der Waals surface area contributed by atoms with Gasteiger partial charge in [-0.2, -0.15) is 0 Å². The SMILES string of the molecule is CC(C)C(=O)N[C@@H]([NH+]1CCCCCC1)C(Cl)(Cl)Cl. The molecule has 0 aromatic heterocycles. The third-order valence-electron chi connectivity index (χ3n) is 3.29. The first kappa shape index (κ1) is 16.4. The Morgan fingerprint density at radius 3 is 2.00 bits per heavy atom. The predicted octanol–water partition coefficient (Wildman–Crippen LogP) is 1.91. The second kappa shape index (κ2) is 7.18. The Bertz CT molecular complexity index is 271. The minimum Gasteiger partial charge on any atom is -0.312 e. The molecule has 6 heteroatoms. The smallest absolute Gasteiger partial charge is 0.262 e. The molecule has 3 nitrogen and oxygen atoms in total. The standard InChI is InChI=1S/C12H21Cl3N2O/c1-9(2)10(18)16-11(12(13,14)15)17-7-5-3-4-6-8-17/h9,11H,3-8H2,1-2H3,(H,16,18)/p+1/t11-/m0/s1. The normalized spacial score (nSPS) is 20.6. The van der Waals surface area contributed by atoms with Gasteiger partial charge in [0, 0.05) is 5.92 Å². The van der Waals surface area contributed by atoms with Gasteiger partial charge in [0.05, 0.1) is 13.1 Å². The van der Waals surface area contributed by atoms with Crippen molar-refractivity contribution in [2.24, 2.45) is 5.92 Å². The lowest BCUT2D eigenvalue weighted by atomic mass is 10.2. The number of likely N-dealkylation sites (tertiary alicyclic amines) is 1. The van der Waals surface area contributed by atoms with Gasteiger partial charge in [-0.3, -0.25) is 4.79 Å². The first-order valence-corrected chi connectivity index (χ1v) is 7.67. The number of hydrogen-bond acceptors (Lipinski definition) is 1. The lowest BCUT2D eigenvalue weighted by molar-refractivity contribution is -0.926. The summed E-state index contributed by atoms with van der Waals surface area (Å²) in [6.07, 6.45) is 4.20. The van der Waals surface area contributed by atoms with E-state index in [4.69, 9.17) is 34.8 Å². The Labute approximate surface area is 124 Å². The van der Waals surface area contributed by atoms with Crippen LogP contribution in [0.4, 0.5) is 0 Å². The van der Waals surface area contributed by atoms with Crippen LogP contribution in [0.5, 0.6) is 0 Å². The van der Waals surface area contributed by atoms with Crippen molar-refractivity contribution in [1.82, 2.24) is 5.32 Å². The highest BCUT2D eigenvalue weighted by Crippen LogP contribution is 2.28. The van der Waals surface area contributed by atoms with Gasteiger partial charge < -0.3 is 10.2 Å². The lowest BCUT2D eigenvalue weighted by Gasteiger charge is -2.33. The van der Waals surface area contributed by atoms with E-state index in [1.807, 2.05) is 13.8 Å². The molecule has 0 radical (unpaired) electrons. The predicted molar refractivity (Wildman–Crippen MR) is 76.2 cm³/mol. The molecule has 0 saturated carbocycles. The molecule has 18 heavy (non-hydrogen) atoms. The molecule has 0 aromatic rings.